The first-order valence-electron chi connectivity index (χ1n) is 4.56. The Bertz CT molecular complexity index is 214. The maximum Gasteiger partial charge on any atom is 0.239 e. The molecule has 0 aromatic heterocycles. The van der Waals surface area contributed by atoms with Crippen molar-refractivity contribution in [3.8, 4) is 0 Å². The monoisotopic (exact) mass is 201 g/mol. The molecule has 1 atom stereocenters. The van der Waals surface area contributed by atoms with E-state index in [-0.39, 0.29) is 30.9 Å². The van der Waals surface area contributed by atoms with Crippen LogP contribution in [-0.2, 0) is 14.3 Å². The molecule has 1 saturated heterocycles. The fourth-order valence-electron chi connectivity index (χ4n) is 1.18. The summed E-state index contributed by atoms with van der Waals surface area (Å²) < 4.78 is 5.08. The summed E-state index contributed by atoms with van der Waals surface area (Å²) >= 11 is 0. The fourth-order valence-corrected chi connectivity index (χ4v) is 1.18. The molecule has 0 aromatic carbocycles. The third-order valence-corrected chi connectivity index (χ3v) is 1.93. The molecule has 1 rings (SSSR count). The molecule has 0 bridgehead atoms. The molecule has 1 aliphatic rings. The zero-order chi connectivity index (χ0) is 10.4. The smallest absolute Gasteiger partial charge is 0.239 e. The Morgan fingerprint density at radius 1 is 1.43 bits per heavy atom. The van der Waals surface area contributed by atoms with Gasteiger partial charge in [0.15, 0.2) is 0 Å². The molecule has 1 unspecified atom stereocenters. The number of nitrogens with two attached hydrogens (primary N) is 1. The Morgan fingerprint density at radius 3 is 2.79 bits per heavy atom. The summed E-state index contributed by atoms with van der Waals surface area (Å²) in [7, 11) is 0. The van der Waals surface area contributed by atoms with Gasteiger partial charge in [-0.2, -0.15) is 0 Å². The summed E-state index contributed by atoms with van der Waals surface area (Å²) in [5, 5.41) is 5.13. The van der Waals surface area contributed by atoms with Crippen molar-refractivity contribution < 1.29 is 14.3 Å². The van der Waals surface area contributed by atoms with Gasteiger partial charge in [-0.15, -0.1) is 0 Å². The van der Waals surface area contributed by atoms with Gasteiger partial charge in [-0.1, -0.05) is 0 Å². The zero-order valence-corrected chi connectivity index (χ0v) is 7.91. The zero-order valence-electron chi connectivity index (χ0n) is 7.91. The molecule has 0 aromatic rings. The molecule has 2 amide bonds. The van der Waals surface area contributed by atoms with E-state index in [0.29, 0.717) is 13.2 Å². The van der Waals surface area contributed by atoms with E-state index >= 15 is 0 Å². The Kier molecular flexibility index (Phi) is 4.34. The second kappa shape index (κ2) is 5.56. The second-order valence-corrected chi connectivity index (χ2v) is 3.11. The topological polar surface area (TPSA) is 93.5 Å². The average Bonchev–Trinajstić information content (AvgIpc) is 2.66. The van der Waals surface area contributed by atoms with Crippen molar-refractivity contribution in [1.82, 2.24) is 10.6 Å². The van der Waals surface area contributed by atoms with Gasteiger partial charge < -0.3 is 21.1 Å². The van der Waals surface area contributed by atoms with Gasteiger partial charge in [-0.25, -0.2) is 0 Å². The van der Waals surface area contributed by atoms with E-state index in [4.69, 9.17) is 10.5 Å². The summed E-state index contributed by atoms with van der Waals surface area (Å²) in [4.78, 5) is 21.9. The van der Waals surface area contributed by atoms with Crippen LogP contribution in [0.15, 0.2) is 0 Å². The first-order valence-corrected chi connectivity index (χ1v) is 4.56. The first kappa shape index (κ1) is 10.9. The molecular formula is C8H15N3O3. The largest absolute Gasteiger partial charge is 0.379 e. The molecule has 1 aliphatic heterocycles. The van der Waals surface area contributed by atoms with Crippen LogP contribution in [0.5, 0.6) is 0 Å². The van der Waals surface area contributed by atoms with E-state index in [0.717, 1.165) is 6.42 Å². The highest BCUT2D eigenvalue weighted by Crippen LogP contribution is 2.02. The maximum absolute atomic E-state index is 11.2. The molecule has 0 spiro atoms. The van der Waals surface area contributed by atoms with Gasteiger partial charge in [0.1, 0.15) is 0 Å². The van der Waals surface area contributed by atoms with Gasteiger partial charge in [-0.3, -0.25) is 9.59 Å². The van der Waals surface area contributed by atoms with E-state index in [9.17, 15) is 9.59 Å². The quantitative estimate of drug-likeness (QED) is 0.489. The van der Waals surface area contributed by atoms with Crippen molar-refractivity contribution in [2.45, 2.75) is 12.5 Å². The molecule has 0 radical (unpaired) electrons. The minimum absolute atomic E-state index is 0.0213. The lowest BCUT2D eigenvalue weighted by Gasteiger charge is -2.10. The number of amides is 2. The van der Waals surface area contributed by atoms with E-state index in [1.54, 1.807) is 0 Å². The van der Waals surface area contributed by atoms with Crippen LogP contribution in [0.1, 0.15) is 6.42 Å². The van der Waals surface area contributed by atoms with E-state index in [1.807, 2.05) is 0 Å². The van der Waals surface area contributed by atoms with Crippen LogP contribution in [-0.4, -0.2) is 44.2 Å². The number of hydrogen-bond donors (Lipinski definition) is 3. The van der Waals surface area contributed by atoms with Crippen LogP contribution < -0.4 is 16.4 Å². The number of rotatable bonds is 4. The Labute approximate surface area is 82.2 Å². The van der Waals surface area contributed by atoms with Gasteiger partial charge in [0, 0.05) is 6.61 Å². The molecule has 1 fully saturated rings. The number of nitrogens with one attached hydrogen (secondary N) is 2. The molecular weight excluding hydrogens is 186 g/mol. The first-order chi connectivity index (χ1) is 6.72. The van der Waals surface area contributed by atoms with Crippen LogP contribution in [0.2, 0.25) is 0 Å². The van der Waals surface area contributed by atoms with Crippen molar-refractivity contribution in [3.63, 3.8) is 0 Å². The van der Waals surface area contributed by atoms with E-state index in [1.165, 1.54) is 0 Å². The lowest BCUT2D eigenvalue weighted by atomic mass is 10.2. The van der Waals surface area contributed by atoms with Crippen LogP contribution in [0, 0.1) is 0 Å². The summed E-state index contributed by atoms with van der Waals surface area (Å²) in [6.45, 7) is 1.11. The van der Waals surface area contributed by atoms with Crippen molar-refractivity contribution in [1.29, 1.82) is 0 Å². The van der Waals surface area contributed by atoms with Gasteiger partial charge in [0.2, 0.25) is 11.8 Å². The SMILES string of the molecule is NCC(=O)NCC(=O)NC1CCOC1. The van der Waals surface area contributed by atoms with Crippen molar-refractivity contribution in [2.75, 3.05) is 26.3 Å². The van der Waals surface area contributed by atoms with Gasteiger partial charge >= 0.3 is 0 Å². The third-order valence-electron chi connectivity index (χ3n) is 1.93. The predicted molar refractivity (Wildman–Crippen MR) is 49.4 cm³/mol. The summed E-state index contributed by atoms with van der Waals surface area (Å²) in [6, 6.07) is 0.0808. The van der Waals surface area contributed by atoms with Gasteiger partial charge in [0.05, 0.1) is 25.7 Å². The molecule has 4 N–H and O–H groups in total. The lowest BCUT2D eigenvalue weighted by molar-refractivity contribution is -0.125. The van der Waals surface area contributed by atoms with E-state index in [2.05, 4.69) is 10.6 Å². The van der Waals surface area contributed by atoms with Gasteiger partial charge in [-0.05, 0) is 6.42 Å². The summed E-state index contributed by atoms with van der Waals surface area (Å²) in [6.07, 6.45) is 0.830. The van der Waals surface area contributed by atoms with Crippen LogP contribution >= 0.6 is 0 Å². The van der Waals surface area contributed by atoms with Crippen molar-refractivity contribution in [3.05, 3.63) is 0 Å². The summed E-state index contributed by atoms with van der Waals surface area (Å²) in [5.74, 6) is -0.537. The van der Waals surface area contributed by atoms with Crippen LogP contribution in [0.25, 0.3) is 0 Å². The highest BCUT2D eigenvalue weighted by molar-refractivity contribution is 5.85. The van der Waals surface area contributed by atoms with Gasteiger partial charge in [0.25, 0.3) is 0 Å². The normalized spacial score (nSPS) is 20.5. The number of hydrogen-bond acceptors (Lipinski definition) is 4. The molecule has 0 saturated carbocycles. The Morgan fingerprint density at radius 2 is 2.21 bits per heavy atom. The minimum Gasteiger partial charge on any atom is -0.379 e. The molecule has 1 heterocycles. The maximum atomic E-state index is 11.2. The third kappa shape index (κ3) is 3.71. The Hall–Kier alpha value is -1.14. The standard InChI is InChI=1S/C8H15N3O3/c9-3-7(12)10-4-8(13)11-6-1-2-14-5-6/h6H,1-5,9H2,(H,10,12)(H,11,13). The molecule has 6 heteroatoms. The Balaban J connectivity index is 2.12. The number of ether oxygens (including phenoxy) is 1. The minimum atomic E-state index is -0.331. The predicted octanol–water partition coefficient (Wildman–Crippen LogP) is -2.03. The molecule has 6 nitrogen and oxygen atoms in total. The van der Waals surface area contributed by atoms with Crippen LogP contribution in [0.3, 0.4) is 0 Å². The highest BCUT2D eigenvalue weighted by atomic mass is 16.5. The van der Waals surface area contributed by atoms with Crippen molar-refractivity contribution in [2.24, 2.45) is 5.73 Å². The van der Waals surface area contributed by atoms with Crippen LogP contribution in [0.4, 0.5) is 0 Å². The molecule has 14 heavy (non-hydrogen) atoms. The molecule has 80 valence electrons. The lowest BCUT2D eigenvalue weighted by Crippen LogP contribution is -2.43. The van der Waals surface area contributed by atoms with Crippen molar-refractivity contribution >= 4 is 11.8 Å². The van der Waals surface area contributed by atoms with E-state index < -0.39 is 0 Å². The summed E-state index contributed by atoms with van der Waals surface area (Å²) in [5.41, 5.74) is 5.06. The highest BCUT2D eigenvalue weighted by Gasteiger charge is 2.17. The number of carbonyl (C=O) groups excluding carboxylic acids is 2. The fraction of sp³-hybridized carbons (Fsp3) is 0.750. The number of carbonyl (C=O) groups is 2. The molecule has 0 aliphatic carbocycles. The average molecular weight is 201 g/mol. The second-order valence-electron chi connectivity index (χ2n) is 3.11.